The maximum absolute atomic E-state index is 5.82. The summed E-state index contributed by atoms with van der Waals surface area (Å²) >= 11 is 0. The minimum absolute atomic E-state index is 0.338. The van der Waals surface area contributed by atoms with E-state index in [1.54, 1.807) is 0 Å². The first kappa shape index (κ1) is 13.3. The maximum Gasteiger partial charge on any atom is 0.0285 e. The Labute approximate surface area is 121 Å². The van der Waals surface area contributed by atoms with E-state index in [0.717, 1.165) is 19.3 Å². The van der Waals surface area contributed by atoms with Gasteiger partial charge in [0.15, 0.2) is 0 Å². The molecular weight excluding hydrogens is 244 g/mol. The fourth-order valence-electron chi connectivity index (χ4n) is 3.22. The largest absolute Gasteiger partial charge is 0.271 e. The maximum atomic E-state index is 5.82. The lowest BCUT2D eigenvalue weighted by molar-refractivity contribution is 0.367. The first-order valence-electron chi connectivity index (χ1n) is 7.34. The normalized spacial score (nSPS) is 16.1. The second-order valence-corrected chi connectivity index (χ2v) is 5.90. The predicted octanol–water partition coefficient (Wildman–Crippen LogP) is 2.78. The molecule has 0 aromatic heterocycles. The summed E-state index contributed by atoms with van der Waals surface area (Å²) in [6, 6.07) is 17.9. The van der Waals surface area contributed by atoms with Crippen LogP contribution in [-0.4, -0.2) is 6.04 Å². The van der Waals surface area contributed by atoms with Crippen LogP contribution in [-0.2, 0) is 19.3 Å². The van der Waals surface area contributed by atoms with E-state index in [9.17, 15) is 0 Å². The molecule has 2 heteroatoms. The molecule has 0 spiro atoms. The van der Waals surface area contributed by atoms with Gasteiger partial charge in [-0.3, -0.25) is 11.3 Å². The lowest BCUT2D eigenvalue weighted by Gasteiger charge is -2.22. The molecule has 1 atom stereocenters. The van der Waals surface area contributed by atoms with Crippen LogP contribution in [0, 0.1) is 12.8 Å². The van der Waals surface area contributed by atoms with E-state index >= 15 is 0 Å². The predicted molar refractivity (Wildman–Crippen MR) is 83.3 cm³/mol. The van der Waals surface area contributed by atoms with Crippen molar-refractivity contribution in [2.75, 3.05) is 0 Å². The molecule has 1 aliphatic carbocycles. The first-order chi connectivity index (χ1) is 9.76. The second-order valence-electron chi connectivity index (χ2n) is 5.90. The minimum atomic E-state index is 0.338. The van der Waals surface area contributed by atoms with Crippen LogP contribution in [0.1, 0.15) is 22.3 Å². The van der Waals surface area contributed by atoms with Crippen LogP contribution in [0.25, 0.3) is 0 Å². The summed E-state index contributed by atoms with van der Waals surface area (Å²) in [5, 5.41) is 0. The molecule has 0 saturated carbocycles. The lowest BCUT2D eigenvalue weighted by atomic mass is 9.91. The Bertz CT molecular complexity index is 549. The van der Waals surface area contributed by atoms with Crippen LogP contribution in [0.3, 0.4) is 0 Å². The van der Waals surface area contributed by atoms with Crippen LogP contribution in [0.5, 0.6) is 0 Å². The number of nitrogens with two attached hydrogens (primary N) is 1. The quantitative estimate of drug-likeness (QED) is 0.659. The lowest BCUT2D eigenvalue weighted by Crippen LogP contribution is -2.42. The molecule has 1 unspecified atom stereocenters. The van der Waals surface area contributed by atoms with Crippen LogP contribution in [0.15, 0.2) is 48.5 Å². The number of hydrogen-bond donors (Lipinski definition) is 2. The van der Waals surface area contributed by atoms with Gasteiger partial charge in [-0.15, -0.1) is 0 Å². The van der Waals surface area contributed by atoms with E-state index in [0.29, 0.717) is 12.0 Å². The van der Waals surface area contributed by atoms with Crippen LogP contribution in [0.4, 0.5) is 0 Å². The van der Waals surface area contributed by atoms with Crippen LogP contribution < -0.4 is 11.3 Å². The summed E-state index contributed by atoms with van der Waals surface area (Å²) in [6.45, 7) is 2.12. The van der Waals surface area contributed by atoms with E-state index in [2.05, 4.69) is 60.9 Å². The molecule has 0 radical (unpaired) electrons. The smallest absolute Gasteiger partial charge is 0.0285 e. The minimum Gasteiger partial charge on any atom is -0.271 e. The van der Waals surface area contributed by atoms with Gasteiger partial charge in [0, 0.05) is 6.04 Å². The molecule has 0 heterocycles. The van der Waals surface area contributed by atoms with E-state index in [-0.39, 0.29) is 0 Å². The van der Waals surface area contributed by atoms with Crippen molar-refractivity contribution in [2.24, 2.45) is 11.8 Å². The average molecular weight is 266 g/mol. The molecule has 2 aromatic carbocycles. The van der Waals surface area contributed by atoms with E-state index in [1.807, 2.05) is 0 Å². The first-order valence-corrected chi connectivity index (χ1v) is 7.34. The van der Waals surface area contributed by atoms with Gasteiger partial charge in [0.05, 0.1) is 0 Å². The highest BCUT2D eigenvalue weighted by Gasteiger charge is 2.27. The molecule has 1 aliphatic rings. The van der Waals surface area contributed by atoms with Gasteiger partial charge >= 0.3 is 0 Å². The zero-order valence-corrected chi connectivity index (χ0v) is 12.0. The van der Waals surface area contributed by atoms with Gasteiger partial charge in [-0.1, -0.05) is 54.1 Å². The number of aryl methyl sites for hydroxylation is 1. The number of hydrogen-bond acceptors (Lipinski definition) is 2. The zero-order chi connectivity index (χ0) is 13.9. The Morgan fingerprint density at radius 1 is 1.05 bits per heavy atom. The molecule has 3 N–H and O–H groups in total. The van der Waals surface area contributed by atoms with Crippen molar-refractivity contribution < 1.29 is 0 Å². The third-order valence-corrected chi connectivity index (χ3v) is 4.44. The highest BCUT2D eigenvalue weighted by molar-refractivity contribution is 5.33. The van der Waals surface area contributed by atoms with Gasteiger partial charge in [-0.25, -0.2) is 0 Å². The molecule has 0 aliphatic heterocycles. The van der Waals surface area contributed by atoms with Crippen LogP contribution in [0.2, 0.25) is 0 Å². The topological polar surface area (TPSA) is 38.0 Å². The molecule has 0 saturated heterocycles. The monoisotopic (exact) mass is 266 g/mol. The average Bonchev–Trinajstić information content (AvgIpc) is 2.90. The van der Waals surface area contributed by atoms with Gasteiger partial charge in [-0.05, 0) is 48.8 Å². The number of hydrazine groups is 1. The SMILES string of the molecule is Cc1ccc(CC(NN)C2Cc3ccccc3C2)cc1. The van der Waals surface area contributed by atoms with Gasteiger partial charge < -0.3 is 0 Å². The summed E-state index contributed by atoms with van der Waals surface area (Å²) in [5.74, 6) is 6.41. The van der Waals surface area contributed by atoms with Crippen molar-refractivity contribution in [3.63, 3.8) is 0 Å². The summed E-state index contributed by atoms with van der Waals surface area (Å²) in [7, 11) is 0. The standard InChI is InChI=1S/C18H22N2/c1-13-6-8-14(9-7-13)10-18(20-19)17-11-15-4-2-3-5-16(15)12-17/h2-9,17-18,20H,10-12,19H2,1H3. The fourth-order valence-corrected chi connectivity index (χ4v) is 3.22. The van der Waals surface area contributed by atoms with Gasteiger partial charge in [0.1, 0.15) is 0 Å². The molecular formula is C18H22N2. The van der Waals surface area contributed by atoms with Crippen LogP contribution >= 0.6 is 0 Å². The van der Waals surface area contributed by atoms with Crippen molar-refractivity contribution in [2.45, 2.75) is 32.2 Å². The van der Waals surface area contributed by atoms with Crippen molar-refractivity contribution in [1.82, 2.24) is 5.43 Å². The third kappa shape index (κ3) is 2.77. The van der Waals surface area contributed by atoms with Crippen molar-refractivity contribution in [1.29, 1.82) is 0 Å². The van der Waals surface area contributed by atoms with Crippen molar-refractivity contribution >= 4 is 0 Å². The highest BCUT2D eigenvalue weighted by atomic mass is 15.2. The summed E-state index contributed by atoms with van der Waals surface area (Å²) in [5.41, 5.74) is 8.68. The Hall–Kier alpha value is -1.64. The highest BCUT2D eigenvalue weighted by Crippen LogP contribution is 2.29. The van der Waals surface area contributed by atoms with Gasteiger partial charge in [0.25, 0.3) is 0 Å². The Morgan fingerprint density at radius 3 is 2.20 bits per heavy atom. The van der Waals surface area contributed by atoms with Crippen molar-refractivity contribution in [3.05, 3.63) is 70.8 Å². The fraction of sp³-hybridized carbons (Fsp3) is 0.333. The second kappa shape index (κ2) is 5.78. The molecule has 2 nitrogen and oxygen atoms in total. The van der Waals surface area contributed by atoms with E-state index in [1.165, 1.54) is 22.3 Å². The molecule has 0 bridgehead atoms. The molecule has 2 aromatic rings. The van der Waals surface area contributed by atoms with Crippen molar-refractivity contribution in [3.8, 4) is 0 Å². The Balaban J connectivity index is 1.71. The van der Waals surface area contributed by atoms with Gasteiger partial charge in [-0.2, -0.15) is 0 Å². The summed E-state index contributed by atoms with van der Waals surface area (Å²) in [4.78, 5) is 0. The number of nitrogens with one attached hydrogen (secondary N) is 1. The third-order valence-electron chi connectivity index (χ3n) is 4.44. The molecule has 3 rings (SSSR count). The zero-order valence-electron chi connectivity index (χ0n) is 12.0. The molecule has 0 fully saturated rings. The van der Waals surface area contributed by atoms with E-state index in [4.69, 9.17) is 5.84 Å². The van der Waals surface area contributed by atoms with Gasteiger partial charge in [0.2, 0.25) is 0 Å². The number of benzene rings is 2. The number of fused-ring (bicyclic) bond motifs is 1. The molecule has 20 heavy (non-hydrogen) atoms. The summed E-state index contributed by atoms with van der Waals surface area (Å²) < 4.78 is 0. The molecule has 104 valence electrons. The number of rotatable bonds is 4. The van der Waals surface area contributed by atoms with E-state index < -0.39 is 0 Å². The Kier molecular flexibility index (Phi) is 3.86. The Morgan fingerprint density at radius 2 is 1.65 bits per heavy atom. The summed E-state index contributed by atoms with van der Waals surface area (Å²) in [6.07, 6.45) is 3.27. The molecule has 0 amide bonds.